The summed E-state index contributed by atoms with van der Waals surface area (Å²) < 4.78 is 25.4. The summed E-state index contributed by atoms with van der Waals surface area (Å²) in [5, 5.41) is 0. The molecule has 0 aliphatic rings. The Bertz CT molecular complexity index is 311. The lowest BCUT2D eigenvalue weighted by molar-refractivity contribution is 0.377. The average molecular weight is 198 g/mol. The van der Waals surface area contributed by atoms with Gasteiger partial charge in [-0.15, -0.1) is 0 Å². The predicted molar refractivity (Wildman–Crippen MR) is 54.1 cm³/mol. The van der Waals surface area contributed by atoms with E-state index in [1.165, 1.54) is 12.1 Å². The zero-order chi connectivity index (χ0) is 10.8. The summed E-state index contributed by atoms with van der Waals surface area (Å²) in [6.45, 7) is 6.40. The molecule has 0 nitrogen and oxygen atoms in total. The molecule has 14 heavy (non-hydrogen) atoms. The van der Waals surface area contributed by atoms with Crippen molar-refractivity contribution >= 4 is 0 Å². The number of rotatable bonds is 2. The maximum atomic E-state index is 12.8. The van der Waals surface area contributed by atoms with E-state index in [2.05, 4.69) is 20.8 Å². The van der Waals surface area contributed by atoms with Gasteiger partial charge in [-0.3, -0.25) is 0 Å². The third-order valence-corrected chi connectivity index (χ3v) is 2.15. The Labute approximate surface area is 84.0 Å². The van der Waals surface area contributed by atoms with Crippen molar-refractivity contribution in [3.63, 3.8) is 0 Å². The van der Waals surface area contributed by atoms with Crippen LogP contribution >= 0.6 is 0 Å². The lowest BCUT2D eigenvalue weighted by atomic mass is 9.89. The maximum Gasteiger partial charge on any atom is 0.159 e. The minimum Gasteiger partial charge on any atom is -0.204 e. The van der Waals surface area contributed by atoms with E-state index in [9.17, 15) is 8.78 Å². The van der Waals surface area contributed by atoms with Crippen molar-refractivity contribution in [1.29, 1.82) is 0 Å². The fourth-order valence-corrected chi connectivity index (χ4v) is 1.21. The number of aryl methyl sites for hydroxylation is 1. The molecule has 78 valence electrons. The van der Waals surface area contributed by atoms with Crippen molar-refractivity contribution in [3.8, 4) is 0 Å². The SMILES string of the molecule is CC(C)(C)CCc1ccc(F)c(F)c1. The van der Waals surface area contributed by atoms with E-state index >= 15 is 0 Å². The van der Waals surface area contributed by atoms with Crippen LogP contribution in [0.25, 0.3) is 0 Å². The molecule has 0 aromatic heterocycles. The average Bonchev–Trinajstić information content (AvgIpc) is 2.06. The molecule has 2 heteroatoms. The van der Waals surface area contributed by atoms with Crippen molar-refractivity contribution in [2.24, 2.45) is 5.41 Å². The maximum absolute atomic E-state index is 12.8. The molecule has 0 bridgehead atoms. The summed E-state index contributed by atoms with van der Waals surface area (Å²) in [6.07, 6.45) is 1.76. The second-order valence-electron chi connectivity index (χ2n) is 4.81. The molecular weight excluding hydrogens is 182 g/mol. The zero-order valence-corrected chi connectivity index (χ0v) is 8.90. The van der Waals surface area contributed by atoms with Crippen molar-refractivity contribution in [1.82, 2.24) is 0 Å². The van der Waals surface area contributed by atoms with Crippen molar-refractivity contribution in [2.45, 2.75) is 33.6 Å². The quantitative estimate of drug-likeness (QED) is 0.675. The van der Waals surface area contributed by atoms with Crippen molar-refractivity contribution in [3.05, 3.63) is 35.4 Å². The Hall–Kier alpha value is -0.920. The van der Waals surface area contributed by atoms with Crippen LogP contribution in [0.15, 0.2) is 18.2 Å². The Morgan fingerprint density at radius 3 is 2.21 bits per heavy atom. The Balaban J connectivity index is 2.65. The van der Waals surface area contributed by atoms with Gasteiger partial charge in [0.1, 0.15) is 0 Å². The molecule has 1 rings (SSSR count). The molecule has 0 spiro atoms. The van der Waals surface area contributed by atoms with Gasteiger partial charge in [-0.1, -0.05) is 26.8 Å². The van der Waals surface area contributed by atoms with E-state index in [0.717, 1.165) is 18.4 Å². The number of hydrogen-bond donors (Lipinski definition) is 0. The monoisotopic (exact) mass is 198 g/mol. The zero-order valence-electron chi connectivity index (χ0n) is 8.90. The number of benzene rings is 1. The second kappa shape index (κ2) is 4.07. The van der Waals surface area contributed by atoms with Gasteiger partial charge in [0.25, 0.3) is 0 Å². The van der Waals surface area contributed by atoms with Gasteiger partial charge in [0.05, 0.1) is 0 Å². The molecule has 0 unspecified atom stereocenters. The highest BCUT2D eigenvalue weighted by molar-refractivity contribution is 5.17. The molecule has 0 amide bonds. The number of hydrogen-bond acceptors (Lipinski definition) is 0. The van der Waals surface area contributed by atoms with Crippen LogP contribution in [0, 0.1) is 17.0 Å². The molecule has 0 aliphatic carbocycles. The first-order valence-electron chi connectivity index (χ1n) is 4.82. The minimum absolute atomic E-state index is 0.227. The molecular formula is C12H16F2. The lowest BCUT2D eigenvalue weighted by Crippen LogP contribution is -2.06. The van der Waals surface area contributed by atoms with Gasteiger partial charge in [-0.2, -0.15) is 0 Å². The summed E-state index contributed by atoms with van der Waals surface area (Å²) in [5.74, 6) is -1.53. The summed E-state index contributed by atoms with van der Waals surface area (Å²) in [7, 11) is 0. The van der Waals surface area contributed by atoms with Crippen LogP contribution in [0.3, 0.4) is 0 Å². The van der Waals surface area contributed by atoms with E-state index in [-0.39, 0.29) is 5.41 Å². The van der Waals surface area contributed by atoms with E-state index < -0.39 is 11.6 Å². The summed E-state index contributed by atoms with van der Waals surface area (Å²) in [6, 6.07) is 4.11. The largest absolute Gasteiger partial charge is 0.204 e. The first-order chi connectivity index (χ1) is 6.38. The third kappa shape index (κ3) is 3.44. The van der Waals surface area contributed by atoms with Gasteiger partial charge in [-0.05, 0) is 36.0 Å². The highest BCUT2D eigenvalue weighted by Crippen LogP contribution is 2.21. The molecule has 1 aromatic rings. The van der Waals surface area contributed by atoms with Crippen LogP contribution in [0.4, 0.5) is 8.78 Å². The molecule has 0 fully saturated rings. The Morgan fingerprint density at radius 2 is 1.71 bits per heavy atom. The van der Waals surface area contributed by atoms with E-state index in [4.69, 9.17) is 0 Å². The van der Waals surface area contributed by atoms with Gasteiger partial charge >= 0.3 is 0 Å². The number of halogens is 2. The summed E-state index contributed by atoms with van der Waals surface area (Å²) >= 11 is 0. The predicted octanol–water partition coefficient (Wildman–Crippen LogP) is 3.94. The minimum atomic E-state index is -0.774. The van der Waals surface area contributed by atoms with Crippen molar-refractivity contribution in [2.75, 3.05) is 0 Å². The van der Waals surface area contributed by atoms with Gasteiger partial charge < -0.3 is 0 Å². The topological polar surface area (TPSA) is 0 Å². The highest BCUT2D eigenvalue weighted by Gasteiger charge is 2.10. The van der Waals surface area contributed by atoms with Crippen LogP contribution in [0.2, 0.25) is 0 Å². The fourth-order valence-electron chi connectivity index (χ4n) is 1.21. The second-order valence-corrected chi connectivity index (χ2v) is 4.81. The van der Waals surface area contributed by atoms with Crippen LogP contribution < -0.4 is 0 Å². The fraction of sp³-hybridized carbons (Fsp3) is 0.500. The Kier molecular flexibility index (Phi) is 3.25. The van der Waals surface area contributed by atoms with Crippen LogP contribution in [0.5, 0.6) is 0 Å². The lowest BCUT2D eigenvalue weighted by Gasteiger charge is -2.17. The molecule has 0 aliphatic heterocycles. The molecule has 0 radical (unpaired) electrons. The van der Waals surface area contributed by atoms with Gasteiger partial charge in [0.2, 0.25) is 0 Å². The van der Waals surface area contributed by atoms with E-state index in [1.54, 1.807) is 6.07 Å². The first-order valence-corrected chi connectivity index (χ1v) is 4.82. The van der Waals surface area contributed by atoms with Gasteiger partial charge in [-0.25, -0.2) is 8.78 Å². The standard InChI is InChI=1S/C12H16F2/c1-12(2,3)7-6-9-4-5-10(13)11(14)8-9/h4-5,8H,6-7H2,1-3H3. The Morgan fingerprint density at radius 1 is 1.07 bits per heavy atom. The third-order valence-electron chi connectivity index (χ3n) is 2.15. The molecule has 0 N–H and O–H groups in total. The highest BCUT2D eigenvalue weighted by atomic mass is 19.2. The first kappa shape index (κ1) is 11.2. The van der Waals surface area contributed by atoms with Crippen LogP contribution in [0.1, 0.15) is 32.8 Å². The summed E-state index contributed by atoms with van der Waals surface area (Å²) in [5.41, 5.74) is 1.09. The van der Waals surface area contributed by atoms with Gasteiger partial charge in [0, 0.05) is 0 Å². The summed E-state index contributed by atoms with van der Waals surface area (Å²) in [4.78, 5) is 0. The van der Waals surface area contributed by atoms with Crippen molar-refractivity contribution < 1.29 is 8.78 Å². The van der Waals surface area contributed by atoms with E-state index in [1.807, 2.05) is 0 Å². The van der Waals surface area contributed by atoms with Crippen LogP contribution in [-0.4, -0.2) is 0 Å². The van der Waals surface area contributed by atoms with Gasteiger partial charge in [0.15, 0.2) is 11.6 Å². The van der Waals surface area contributed by atoms with E-state index in [0.29, 0.717) is 0 Å². The molecule has 0 heterocycles. The molecule has 0 saturated carbocycles. The van der Waals surface area contributed by atoms with Crippen LogP contribution in [-0.2, 0) is 6.42 Å². The smallest absolute Gasteiger partial charge is 0.159 e. The molecule has 0 saturated heterocycles. The molecule has 1 aromatic carbocycles. The molecule has 0 atom stereocenters. The normalized spacial score (nSPS) is 11.8.